The molecule has 0 unspecified atom stereocenters. The van der Waals surface area contributed by atoms with Crippen LogP contribution in [0, 0.1) is 6.92 Å². The van der Waals surface area contributed by atoms with Gasteiger partial charge in [0.1, 0.15) is 0 Å². The van der Waals surface area contributed by atoms with Crippen molar-refractivity contribution in [2.45, 2.75) is 26.7 Å². The number of H-pyrrole nitrogens is 1. The van der Waals surface area contributed by atoms with E-state index in [1.165, 1.54) is 0 Å². The molecule has 100 valence electrons. The van der Waals surface area contributed by atoms with Crippen molar-refractivity contribution < 1.29 is 4.79 Å². The number of carbonyl (C=O) groups excluding carboxylic acids is 1. The number of halogens is 1. The summed E-state index contributed by atoms with van der Waals surface area (Å²) in [6, 6.07) is 7.53. The van der Waals surface area contributed by atoms with E-state index in [4.69, 9.17) is 0 Å². The van der Waals surface area contributed by atoms with Gasteiger partial charge >= 0.3 is 0 Å². The molecule has 1 aromatic carbocycles. The third-order valence-electron chi connectivity index (χ3n) is 2.82. The molecule has 0 aliphatic rings. The molecule has 19 heavy (non-hydrogen) atoms. The lowest BCUT2D eigenvalue weighted by Crippen LogP contribution is -2.13. The first kappa shape index (κ1) is 13.8. The summed E-state index contributed by atoms with van der Waals surface area (Å²) in [6.45, 7) is 4.04. The van der Waals surface area contributed by atoms with Crippen LogP contribution in [0.4, 0.5) is 5.69 Å². The Labute approximate surface area is 120 Å². The van der Waals surface area contributed by atoms with Crippen LogP contribution in [-0.2, 0) is 6.42 Å². The van der Waals surface area contributed by atoms with Crippen molar-refractivity contribution in [1.29, 1.82) is 0 Å². The van der Waals surface area contributed by atoms with Crippen LogP contribution in [0.3, 0.4) is 0 Å². The van der Waals surface area contributed by atoms with Gasteiger partial charge in [-0.15, -0.1) is 0 Å². The number of aromatic amines is 1. The fourth-order valence-electron chi connectivity index (χ4n) is 1.83. The summed E-state index contributed by atoms with van der Waals surface area (Å²) in [6.07, 6.45) is 1.92. The quantitative estimate of drug-likeness (QED) is 0.902. The summed E-state index contributed by atoms with van der Waals surface area (Å²) < 4.78 is 0.994. The zero-order chi connectivity index (χ0) is 13.8. The van der Waals surface area contributed by atoms with Crippen LogP contribution in [0.25, 0.3) is 0 Å². The molecule has 0 atom stereocenters. The van der Waals surface area contributed by atoms with Crippen LogP contribution in [0.2, 0.25) is 0 Å². The molecule has 1 heterocycles. The Morgan fingerprint density at radius 1 is 1.42 bits per heavy atom. The van der Waals surface area contributed by atoms with Gasteiger partial charge in [0.05, 0.1) is 0 Å². The Balaban J connectivity index is 2.11. The Bertz CT molecular complexity index is 592. The van der Waals surface area contributed by atoms with Crippen LogP contribution in [0.5, 0.6) is 0 Å². The molecule has 4 nitrogen and oxygen atoms in total. The maximum atomic E-state index is 12.1. The van der Waals surface area contributed by atoms with Crippen molar-refractivity contribution in [3.05, 3.63) is 45.7 Å². The monoisotopic (exact) mass is 321 g/mol. The molecule has 1 aromatic heterocycles. The van der Waals surface area contributed by atoms with E-state index in [1.807, 2.05) is 25.1 Å². The van der Waals surface area contributed by atoms with Gasteiger partial charge in [0.25, 0.3) is 5.91 Å². The van der Waals surface area contributed by atoms with Crippen LogP contribution >= 0.6 is 15.9 Å². The molecule has 0 saturated carbocycles. The first-order valence-corrected chi connectivity index (χ1v) is 7.01. The third-order valence-corrected chi connectivity index (χ3v) is 3.31. The topological polar surface area (TPSA) is 57.8 Å². The molecule has 2 aromatic rings. The molecule has 0 aliphatic carbocycles. The van der Waals surface area contributed by atoms with E-state index >= 15 is 0 Å². The van der Waals surface area contributed by atoms with Crippen molar-refractivity contribution in [3.63, 3.8) is 0 Å². The predicted octanol–water partition coefficient (Wildman–Crippen LogP) is 3.69. The highest BCUT2D eigenvalue weighted by Gasteiger charge is 2.11. The number of amides is 1. The number of hydrogen-bond acceptors (Lipinski definition) is 2. The molecule has 2 rings (SSSR count). The second-order valence-electron chi connectivity index (χ2n) is 4.44. The van der Waals surface area contributed by atoms with Crippen LogP contribution in [0.1, 0.15) is 35.1 Å². The van der Waals surface area contributed by atoms with E-state index in [2.05, 4.69) is 38.4 Å². The lowest BCUT2D eigenvalue weighted by atomic mass is 10.2. The summed E-state index contributed by atoms with van der Waals surface area (Å²) in [5.41, 5.74) is 3.21. The smallest absolute Gasteiger partial charge is 0.276 e. The number of anilines is 1. The van der Waals surface area contributed by atoms with Crippen molar-refractivity contribution in [2.75, 3.05) is 5.32 Å². The highest BCUT2D eigenvalue weighted by molar-refractivity contribution is 9.10. The van der Waals surface area contributed by atoms with Gasteiger partial charge in [0.2, 0.25) is 0 Å². The Morgan fingerprint density at radius 3 is 2.89 bits per heavy atom. The number of rotatable bonds is 4. The normalized spacial score (nSPS) is 10.5. The van der Waals surface area contributed by atoms with E-state index in [-0.39, 0.29) is 5.91 Å². The Hall–Kier alpha value is -1.62. The third kappa shape index (κ3) is 3.44. The molecule has 5 heteroatoms. The molecule has 0 radical (unpaired) electrons. The summed E-state index contributed by atoms with van der Waals surface area (Å²) >= 11 is 3.40. The molecular formula is C14H16BrN3O. The van der Waals surface area contributed by atoms with Gasteiger partial charge in [-0.05, 0) is 43.2 Å². The number of nitrogens with one attached hydrogen (secondary N) is 2. The van der Waals surface area contributed by atoms with Gasteiger partial charge in [-0.2, -0.15) is 5.10 Å². The Kier molecular flexibility index (Phi) is 4.37. The minimum atomic E-state index is -0.191. The lowest BCUT2D eigenvalue weighted by Gasteiger charge is -2.07. The summed E-state index contributed by atoms with van der Waals surface area (Å²) in [5.74, 6) is -0.191. The van der Waals surface area contributed by atoms with E-state index in [1.54, 1.807) is 6.07 Å². The molecular weight excluding hydrogens is 306 g/mol. The number of benzene rings is 1. The second-order valence-corrected chi connectivity index (χ2v) is 5.36. The zero-order valence-electron chi connectivity index (χ0n) is 11.0. The molecule has 0 bridgehead atoms. The van der Waals surface area contributed by atoms with Crippen LogP contribution in [0.15, 0.2) is 28.7 Å². The summed E-state index contributed by atoms with van der Waals surface area (Å²) in [7, 11) is 0. The van der Waals surface area contributed by atoms with Gasteiger partial charge in [-0.25, -0.2) is 0 Å². The van der Waals surface area contributed by atoms with Crippen molar-refractivity contribution >= 4 is 27.5 Å². The molecule has 0 fully saturated rings. The van der Waals surface area contributed by atoms with Gasteiger partial charge in [0, 0.05) is 15.9 Å². The summed E-state index contributed by atoms with van der Waals surface area (Å²) in [4.78, 5) is 12.1. The lowest BCUT2D eigenvalue weighted by molar-refractivity contribution is 0.102. The first-order chi connectivity index (χ1) is 9.10. The number of carbonyl (C=O) groups is 1. The number of aryl methyl sites for hydroxylation is 2. The van der Waals surface area contributed by atoms with E-state index in [0.29, 0.717) is 5.69 Å². The minimum Gasteiger partial charge on any atom is -0.320 e. The molecule has 0 aliphatic heterocycles. The highest BCUT2D eigenvalue weighted by Crippen LogP contribution is 2.20. The number of nitrogens with zero attached hydrogens (tertiary/aromatic N) is 1. The van der Waals surface area contributed by atoms with E-state index in [0.717, 1.165) is 34.3 Å². The van der Waals surface area contributed by atoms with Crippen molar-refractivity contribution in [3.8, 4) is 0 Å². The largest absolute Gasteiger partial charge is 0.320 e. The maximum absolute atomic E-state index is 12.1. The fraction of sp³-hybridized carbons (Fsp3) is 0.286. The molecule has 0 spiro atoms. The summed E-state index contributed by atoms with van der Waals surface area (Å²) in [5, 5.41) is 9.78. The number of hydrogen-bond donors (Lipinski definition) is 2. The molecule has 2 N–H and O–H groups in total. The number of aromatic nitrogens is 2. The fourth-order valence-corrected chi connectivity index (χ4v) is 2.30. The van der Waals surface area contributed by atoms with E-state index < -0.39 is 0 Å². The zero-order valence-corrected chi connectivity index (χ0v) is 12.5. The Morgan fingerprint density at radius 2 is 2.21 bits per heavy atom. The van der Waals surface area contributed by atoms with Crippen molar-refractivity contribution in [1.82, 2.24) is 10.2 Å². The molecule has 1 amide bonds. The van der Waals surface area contributed by atoms with Gasteiger partial charge < -0.3 is 5.32 Å². The average Bonchev–Trinajstić information content (AvgIpc) is 2.82. The highest BCUT2D eigenvalue weighted by atomic mass is 79.9. The van der Waals surface area contributed by atoms with Crippen LogP contribution in [-0.4, -0.2) is 16.1 Å². The van der Waals surface area contributed by atoms with Crippen molar-refractivity contribution in [2.24, 2.45) is 0 Å². The standard InChI is InChI=1S/C14H16BrN3O/c1-3-4-11-8-13(18-17-11)14(19)16-12-6-5-10(15)7-9(12)2/h5-8H,3-4H2,1-2H3,(H,16,19)(H,17,18). The maximum Gasteiger partial charge on any atom is 0.276 e. The van der Waals surface area contributed by atoms with Gasteiger partial charge in [-0.3, -0.25) is 9.89 Å². The predicted molar refractivity (Wildman–Crippen MR) is 79.4 cm³/mol. The van der Waals surface area contributed by atoms with Crippen LogP contribution < -0.4 is 5.32 Å². The first-order valence-electron chi connectivity index (χ1n) is 6.22. The van der Waals surface area contributed by atoms with Gasteiger partial charge in [-0.1, -0.05) is 29.3 Å². The van der Waals surface area contributed by atoms with E-state index in [9.17, 15) is 4.79 Å². The average molecular weight is 322 g/mol. The minimum absolute atomic E-state index is 0.191. The second kappa shape index (κ2) is 6.02. The molecule has 0 saturated heterocycles. The SMILES string of the molecule is CCCc1cc(C(=O)Nc2ccc(Br)cc2C)n[nH]1. The van der Waals surface area contributed by atoms with Gasteiger partial charge in [0.15, 0.2) is 5.69 Å².